The van der Waals surface area contributed by atoms with Gasteiger partial charge >= 0.3 is 5.69 Å². The summed E-state index contributed by atoms with van der Waals surface area (Å²) < 4.78 is 8.13. The van der Waals surface area contributed by atoms with Gasteiger partial charge in [0.05, 0.1) is 17.3 Å². The van der Waals surface area contributed by atoms with E-state index in [-0.39, 0.29) is 17.4 Å². The molecule has 0 aliphatic rings. The molecule has 0 fully saturated rings. The van der Waals surface area contributed by atoms with Crippen molar-refractivity contribution in [3.63, 3.8) is 0 Å². The highest BCUT2D eigenvalue weighted by atomic mass is 16.3. The highest BCUT2D eigenvalue weighted by Gasteiger charge is 2.11. The number of amides is 1. The Morgan fingerprint density at radius 2 is 1.90 bits per heavy atom. The van der Waals surface area contributed by atoms with E-state index in [9.17, 15) is 9.59 Å². The highest BCUT2D eigenvalue weighted by molar-refractivity contribution is 6.03. The molecule has 0 spiro atoms. The van der Waals surface area contributed by atoms with E-state index >= 15 is 0 Å². The minimum absolute atomic E-state index is 0.102. The van der Waals surface area contributed by atoms with Crippen molar-refractivity contribution < 1.29 is 9.21 Å². The number of hydrogen-bond donors (Lipinski definition) is 1. The molecule has 20 heavy (non-hydrogen) atoms. The number of hydrogen-bond acceptors (Lipinski definition) is 3. The number of aromatic nitrogens is 2. The van der Waals surface area contributed by atoms with E-state index in [0.29, 0.717) is 5.69 Å². The number of nitrogens with one attached hydrogen (secondary N) is 1. The molecule has 1 amide bonds. The first-order chi connectivity index (χ1) is 9.58. The van der Waals surface area contributed by atoms with Crippen LogP contribution >= 0.6 is 0 Å². The molecule has 102 valence electrons. The largest absolute Gasteiger partial charge is 0.459 e. The quantitative estimate of drug-likeness (QED) is 0.771. The second kappa shape index (κ2) is 4.41. The van der Waals surface area contributed by atoms with Crippen LogP contribution in [-0.4, -0.2) is 15.0 Å². The highest BCUT2D eigenvalue weighted by Crippen LogP contribution is 2.18. The summed E-state index contributed by atoms with van der Waals surface area (Å²) in [5.74, 6) is -0.0812. The number of rotatable bonds is 2. The van der Waals surface area contributed by atoms with Crippen molar-refractivity contribution in [2.24, 2.45) is 14.1 Å². The van der Waals surface area contributed by atoms with Crippen LogP contribution in [0.4, 0.5) is 5.69 Å². The first kappa shape index (κ1) is 12.3. The number of carbonyl (C=O) groups excluding carboxylic acids is 1. The molecular formula is C14H13N3O3. The lowest BCUT2D eigenvalue weighted by Gasteiger charge is -2.04. The van der Waals surface area contributed by atoms with E-state index in [1.807, 2.05) is 0 Å². The fraction of sp³-hybridized carbons (Fsp3) is 0.143. The second-order valence-electron chi connectivity index (χ2n) is 4.54. The van der Waals surface area contributed by atoms with Gasteiger partial charge < -0.3 is 9.73 Å². The molecule has 0 atom stereocenters. The number of benzene rings is 1. The number of imidazole rings is 1. The van der Waals surface area contributed by atoms with Gasteiger partial charge in [0.2, 0.25) is 0 Å². The molecule has 2 aromatic heterocycles. The van der Waals surface area contributed by atoms with Gasteiger partial charge in [0.15, 0.2) is 5.76 Å². The molecule has 3 aromatic rings. The third-order valence-corrected chi connectivity index (χ3v) is 3.27. The van der Waals surface area contributed by atoms with Gasteiger partial charge in [-0.1, -0.05) is 0 Å². The lowest BCUT2D eigenvalue weighted by Crippen LogP contribution is -2.19. The Labute approximate surface area is 114 Å². The van der Waals surface area contributed by atoms with Gasteiger partial charge in [-0.05, 0) is 30.3 Å². The van der Waals surface area contributed by atoms with Crippen LogP contribution < -0.4 is 11.0 Å². The van der Waals surface area contributed by atoms with Gasteiger partial charge in [0.1, 0.15) is 0 Å². The van der Waals surface area contributed by atoms with E-state index < -0.39 is 0 Å². The number of nitrogens with zero attached hydrogens (tertiary/aromatic N) is 2. The fourth-order valence-corrected chi connectivity index (χ4v) is 2.19. The molecule has 6 heteroatoms. The molecule has 0 unspecified atom stereocenters. The Balaban J connectivity index is 2.00. The maximum Gasteiger partial charge on any atom is 0.328 e. The minimum Gasteiger partial charge on any atom is -0.459 e. The van der Waals surface area contributed by atoms with Crippen molar-refractivity contribution in [1.82, 2.24) is 9.13 Å². The average Bonchev–Trinajstić information content (AvgIpc) is 3.04. The van der Waals surface area contributed by atoms with Crippen molar-refractivity contribution in [2.45, 2.75) is 0 Å². The summed E-state index contributed by atoms with van der Waals surface area (Å²) in [6.45, 7) is 0. The van der Waals surface area contributed by atoms with Gasteiger partial charge in [0, 0.05) is 19.8 Å². The van der Waals surface area contributed by atoms with Gasteiger partial charge in [-0.15, -0.1) is 0 Å². The molecular weight excluding hydrogens is 258 g/mol. The Hall–Kier alpha value is -2.76. The Bertz CT molecular complexity index is 841. The van der Waals surface area contributed by atoms with E-state index in [4.69, 9.17) is 4.42 Å². The smallest absolute Gasteiger partial charge is 0.328 e. The third kappa shape index (κ3) is 1.82. The van der Waals surface area contributed by atoms with Gasteiger partial charge in [-0.3, -0.25) is 13.9 Å². The van der Waals surface area contributed by atoms with E-state index in [2.05, 4.69) is 5.32 Å². The summed E-state index contributed by atoms with van der Waals surface area (Å²) in [7, 11) is 3.41. The van der Waals surface area contributed by atoms with Crippen LogP contribution in [-0.2, 0) is 14.1 Å². The van der Waals surface area contributed by atoms with Crippen LogP contribution in [0.1, 0.15) is 10.6 Å². The summed E-state index contributed by atoms with van der Waals surface area (Å²) in [6, 6.07) is 8.56. The van der Waals surface area contributed by atoms with Crippen molar-refractivity contribution in [2.75, 3.05) is 5.32 Å². The number of aryl methyl sites for hydroxylation is 2. The van der Waals surface area contributed by atoms with Crippen LogP contribution in [0.3, 0.4) is 0 Å². The van der Waals surface area contributed by atoms with Crippen molar-refractivity contribution in [3.05, 3.63) is 52.8 Å². The Kier molecular flexibility index (Phi) is 2.71. The molecule has 3 rings (SSSR count). The van der Waals surface area contributed by atoms with E-state index in [0.717, 1.165) is 11.0 Å². The van der Waals surface area contributed by atoms with Crippen LogP contribution in [0.15, 0.2) is 45.8 Å². The molecule has 0 aliphatic heterocycles. The molecule has 0 bridgehead atoms. The Morgan fingerprint density at radius 3 is 2.60 bits per heavy atom. The predicted molar refractivity (Wildman–Crippen MR) is 74.8 cm³/mol. The lowest BCUT2D eigenvalue weighted by atomic mass is 10.2. The van der Waals surface area contributed by atoms with Crippen molar-refractivity contribution in [3.8, 4) is 0 Å². The third-order valence-electron chi connectivity index (χ3n) is 3.27. The summed E-state index contributed by atoms with van der Waals surface area (Å²) in [5, 5.41) is 2.74. The predicted octanol–water partition coefficient (Wildman–Crippen LogP) is 1.72. The van der Waals surface area contributed by atoms with Crippen LogP contribution in [0.25, 0.3) is 11.0 Å². The second-order valence-corrected chi connectivity index (χ2v) is 4.54. The van der Waals surface area contributed by atoms with E-state index in [1.54, 1.807) is 49.0 Å². The monoisotopic (exact) mass is 271 g/mol. The van der Waals surface area contributed by atoms with Crippen LogP contribution in [0, 0.1) is 0 Å². The van der Waals surface area contributed by atoms with Crippen LogP contribution in [0.5, 0.6) is 0 Å². The molecule has 1 N–H and O–H groups in total. The standard InChI is InChI=1S/C14H13N3O3/c1-16-10-6-5-9(8-11(10)17(2)14(16)19)15-13(18)12-4-3-7-20-12/h3-8H,1-2H3,(H,15,18). The van der Waals surface area contributed by atoms with Gasteiger partial charge in [-0.2, -0.15) is 0 Å². The number of furan rings is 1. The molecule has 0 aliphatic carbocycles. The van der Waals surface area contributed by atoms with Crippen molar-refractivity contribution in [1.29, 1.82) is 0 Å². The fourth-order valence-electron chi connectivity index (χ4n) is 2.19. The average molecular weight is 271 g/mol. The molecule has 2 heterocycles. The van der Waals surface area contributed by atoms with Crippen LogP contribution in [0.2, 0.25) is 0 Å². The summed E-state index contributed by atoms with van der Waals surface area (Å²) >= 11 is 0. The maximum absolute atomic E-state index is 11.9. The first-order valence-corrected chi connectivity index (χ1v) is 6.08. The van der Waals surface area contributed by atoms with Gasteiger partial charge in [-0.25, -0.2) is 4.79 Å². The Morgan fingerprint density at radius 1 is 1.15 bits per heavy atom. The maximum atomic E-state index is 11.9. The summed E-state index contributed by atoms with van der Waals surface area (Å²) in [4.78, 5) is 23.7. The topological polar surface area (TPSA) is 69.2 Å². The minimum atomic E-state index is -0.324. The summed E-state index contributed by atoms with van der Waals surface area (Å²) in [5.41, 5.74) is 2.08. The van der Waals surface area contributed by atoms with E-state index in [1.165, 1.54) is 10.8 Å². The summed E-state index contributed by atoms with van der Waals surface area (Å²) in [6.07, 6.45) is 1.44. The first-order valence-electron chi connectivity index (χ1n) is 6.08. The number of anilines is 1. The zero-order valence-corrected chi connectivity index (χ0v) is 11.1. The van der Waals surface area contributed by atoms with Crippen molar-refractivity contribution >= 4 is 22.6 Å². The normalized spacial score (nSPS) is 10.9. The zero-order chi connectivity index (χ0) is 14.3. The molecule has 1 aromatic carbocycles. The SMILES string of the molecule is Cn1c(=O)n(C)c2cc(NC(=O)c3ccco3)ccc21. The van der Waals surface area contributed by atoms with Gasteiger partial charge in [0.25, 0.3) is 5.91 Å². The number of carbonyl (C=O) groups is 1. The zero-order valence-electron chi connectivity index (χ0n) is 11.1. The number of fused-ring (bicyclic) bond motifs is 1. The lowest BCUT2D eigenvalue weighted by molar-refractivity contribution is 0.0996. The molecule has 6 nitrogen and oxygen atoms in total. The molecule has 0 saturated heterocycles. The molecule has 0 radical (unpaired) electrons. The molecule has 0 saturated carbocycles.